The summed E-state index contributed by atoms with van der Waals surface area (Å²) in [6.07, 6.45) is 0. The Kier molecular flexibility index (Phi) is 5.22. The van der Waals surface area contributed by atoms with Crippen LogP contribution in [0.1, 0.15) is 34.6 Å². The maximum Gasteiger partial charge on any atom is 0.0501 e. The van der Waals surface area contributed by atoms with Gasteiger partial charge in [0.05, 0.1) is 6.54 Å². The molecule has 0 aliphatic carbocycles. The molecule has 0 aromatic heterocycles. The Hall–Kier alpha value is -0.300. The molecule has 11 heavy (non-hydrogen) atoms. The lowest BCUT2D eigenvalue weighted by Gasteiger charge is -2.18. The van der Waals surface area contributed by atoms with Gasteiger partial charge < -0.3 is 0 Å². The minimum absolute atomic E-state index is 1.10. The zero-order valence-corrected chi connectivity index (χ0v) is 8.44. The Balaban J connectivity index is 3.91. The second-order valence-corrected chi connectivity index (χ2v) is 3.03. The van der Waals surface area contributed by atoms with Crippen molar-refractivity contribution in [3.63, 3.8) is 0 Å². The van der Waals surface area contributed by atoms with E-state index in [1.807, 2.05) is 0 Å². The third-order valence-electron chi connectivity index (χ3n) is 1.98. The summed E-state index contributed by atoms with van der Waals surface area (Å²) in [6.45, 7) is 15.2. The number of nitrogens with zero attached hydrogens (tertiary/aromatic N) is 1. The summed E-state index contributed by atoms with van der Waals surface area (Å²) in [5, 5.41) is 0. The maximum atomic E-state index is 2.31. The summed E-state index contributed by atoms with van der Waals surface area (Å²) >= 11 is 0. The van der Waals surface area contributed by atoms with Crippen molar-refractivity contribution < 1.29 is 0 Å². The quantitative estimate of drug-likeness (QED) is 0.602. The third-order valence-corrected chi connectivity index (χ3v) is 1.98. The lowest BCUT2D eigenvalue weighted by atomic mass is 10.1. The molecule has 65 valence electrons. The summed E-state index contributed by atoms with van der Waals surface area (Å²) in [7, 11) is 0. The lowest BCUT2D eigenvalue weighted by molar-refractivity contribution is 0.381. The van der Waals surface area contributed by atoms with E-state index in [0.29, 0.717) is 0 Å². The SMILES string of the molecule is CCN([CH]C(C)=C(C)C)CC. The molecule has 0 amide bonds. The van der Waals surface area contributed by atoms with Crippen LogP contribution in [0.25, 0.3) is 0 Å². The Bertz CT molecular complexity index is 128. The summed E-state index contributed by atoms with van der Waals surface area (Å²) in [4.78, 5) is 2.31. The van der Waals surface area contributed by atoms with Crippen LogP contribution in [0.15, 0.2) is 11.1 Å². The highest BCUT2D eigenvalue weighted by molar-refractivity contribution is 5.15. The second-order valence-electron chi connectivity index (χ2n) is 3.03. The van der Waals surface area contributed by atoms with Gasteiger partial charge in [-0.25, -0.2) is 0 Å². The van der Waals surface area contributed by atoms with Crippen LogP contribution in [-0.2, 0) is 0 Å². The number of hydrogen-bond acceptors (Lipinski definition) is 1. The van der Waals surface area contributed by atoms with Crippen molar-refractivity contribution >= 4 is 0 Å². The largest absolute Gasteiger partial charge is 0.295 e. The monoisotopic (exact) mass is 154 g/mol. The minimum Gasteiger partial charge on any atom is -0.295 e. The van der Waals surface area contributed by atoms with Crippen LogP contribution < -0.4 is 0 Å². The zero-order valence-electron chi connectivity index (χ0n) is 8.44. The fraction of sp³-hybridized carbons (Fsp3) is 0.700. The first-order valence-electron chi connectivity index (χ1n) is 4.34. The molecule has 1 nitrogen and oxygen atoms in total. The highest BCUT2D eigenvalue weighted by atomic mass is 15.1. The maximum absolute atomic E-state index is 2.31. The van der Waals surface area contributed by atoms with Gasteiger partial charge in [0, 0.05) is 0 Å². The van der Waals surface area contributed by atoms with E-state index >= 15 is 0 Å². The third kappa shape index (κ3) is 4.20. The molecule has 0 bridgehead atoms. The van der Waals surface area contributed by atoms with Gasteiger partial charge in [0.1, 0.15) is 0 Å². The summed E-state index contributed by atoms with van der Waals surface area (Å²) < 4.78 is 0. The van der Waals surface area contributed by atoms with Crippen molar-refractivity contribution in [2.45, 2.75) is 34.6 Å². The van der Waals surface area contributed by atoms with Crippen molar-refractivity contribution in [2.24, 2.45) is 0 Å². The molecule has 1 heteroatoms. The number of allylic oxidation sites excluding steroid dienone is 1. The van der Waals surface area contributed by atoms with Gasteiger partial charge in [-0.1, -0.05) is 25.0 Å². The number of hydrogen-bond donors (Lipinski definition) is 0. The first-order chi connectivity index (χ1) is 5.11. The van der Waals surface area contributed by atoms with Crippen molar-refractivity contribution in [2.75, 3.05) is 13.1 Å². The molecule has 0 aliphatic heterocycles. The molecular formula is C10H20N. The van der Waals surface area contributed by atoms with Crippen LogP contribution in [0, 0.1) is 6.54 Å². The van der Waals surface area contributed by atoms with Gasteiger partial charge in [0.25, 0.3) is 0 Å². The highest BCUT2D eigenvalue weighted by Crippen LogP contribution is 2.08. The average molecular weight is 154 g/mol. The first-order valence-corrected chi connectivity index (χ1v) is 4.34. The van der Waals surface area contributed by atoms with Crippen molar-refractivity contribution in [3.05, 3.63) is 17.7 Å². The molecule has 0 heterocycles. The molecule has 0 atom stereocenters. The van der Waals surface area contributed by atoms with E-state index in [-0.39, 0.29) is 0 Å². The summed E-state index contributed by atoms with van der Waals surface area (Å²) in [5.74, 6) is 0. The Morgan fingerprint density at radius 2 is 1.55 bits per heavy atom. The van der Waals surface area contributed by atoms with Crippen molar-refractivity contribution in [1.29, 1.82) is 0 Å². The molecule has 0 spiro atoms. The molecule has 1 radical (unpaired) electrons. The molecular weight excluding hydrogens is 134 g/mol. The van der Waals surface area contributed by atoms with E-state index in [1.54, 1.807) is 0 Å². The normalized spacial score (nSPS) is 10.4. The molecule has 0 saturated heterocycles. The molecule has 0 saturated carbocycles. The molecule has 0 fully saturated rings. The van der Waals surface area contributed by atoms with E-state index in [0.717, 1.165) is 13.1 Å². The van der Waals surface area contributed by atoms with Gasteiger partial charge in [-0.15, -0.1) is 0 Å². The van der Waals surface area contributed by atoms with Crippen molar-refractivity contribution in [1.82, 2.24) is 4.90 Å². The number of likely N-dealkylation sites (N-methyl/N-ethyl adjacent to an activating group) is 1. The standard InChI is InChI=1S/C10H20N/c1-6-11(7-2)8-10(5)9(3)4/h8H,6-7H2,1-5H3. The van der Waals surface area contributed by atoms with Crippen LogP contribution in [0.2, 0.25) is 0 Å². The zero-order chi connectivity index (χ0) is 8.85. The van der Waals surface area contributed by atoms with E-state index in [4.69, 9.17) is 0 Å². The smallest absolute Gasteiger partial charge is 0.0501 e. The fourth-order valence-electron chi connectivity index (χ4n) is 0.809. The van der Waals surface area contributed by atoms with Gasteiger partial charge in [0.2, 0.25) is 0 Å². The van der Waals surface area contributed by atoms with Gasteiger partial charge in [-0.2, -0.15) is 0 Å². The Morgan fingerprint density at radius 3 is 1.82 bits per heavy atom. The molecule has 0 aromatic rings. The molecule has 0 rings (SSSR count). The molecule has 0 aliphatic rings. The van der Waals surface area contributed by atoms with Crippen LogP contribution in [-0.4, -0.2) is 18.0 Å². The summed E-state index contributed by atoms with van der Waals surface area (Å²) in [5.41, 5.74) is 2.78. The van der Waals surface area contributed by atoms with E-state index < -0.39 is 0 Å². The Morgan fingerprint density at radius 1 is 1.09 bits per heavy atom. The minimum atomic E-state index is 1.10. The predicted octanol–water partition coefficient (Wildman–Crippen LogP) is 2.85. The molecule has 0 aromatic carbocycles. The predicted molar refractivity (Wildman–Crippen MR) is 51.3 cm³/mol. The van der Waals surface area contributed by atoms with E-state index in [9.17, 15) is 0 Å². The molecule has 0 N–H and O–H groups in total. The average Bonchev–Trinajstić information content (AvgIpc) is 1.99. The van der Waals surface area contributed by atoms with Gasteiger partial charge in [-0.05, 0) is 33.9 Å². The van der Waals surface area contributed by atoms with Gasteiger partial charge >= 0.3 is 0 Å². The summed E-state index contributed by atoms with van der Waals surface area (Å²) in [6, 6.07) is 0. The first kappa shape index (κ1) is 10.7. The van der Waals surface area contributed by atoms with Crippen LogP contribution in [0.5, 0.6) is 0 Å². The molecule has 0 unspecified atom stereocenters. The number of rotatable bonds is 4. The van der Waals surface area contributed by atoms with Crippen LogP contribution >= 0.6 is 0 Å². The second kappa shape index (κ2) is 5.36. The Labute approximate surface area is 71.1 Å². The fourth-order valence-corrected chi connectivity index (χ4v) is 0.809. The van der Waals surface area contributed by atoms with Crippen molar-refractivity contribution in [3.8, 4) is 0 Å². The van der Waals surface area contributed by atoms with Gasteiger partial charge in [0.15, 0.2) is 0 Å². The van der Waals surface area contributed by atoms with E-state index in [2.05, 4.69) is 46.1 Å². The van der Waals surface area contributed by atoms with Crippen LogP contribution in [0.4, 0.5) is 0 Å². The van der Waals surface area contributed by atoms with Crippen LogP contribution in [0.3, 0.4) is 0 Å². The highest BCUT2D eigenvalue weighted by Gasteiger charge is 2.00. The van der Waals surface area contributed by atoms with Gasteiger partial charge in [-0.3, -0.25) is 4.90 Å². The van der Waals surface area contributed by atoms with E-state index in [1.165, 1.54) is 11.1 Å². The lowest BCUT2D eigenvalue weighted by Crippen LogP contribution is -2.20. The topological polar surface area (TPSA) is 3.24 Å².